The van der Waals surface area contributed by atoms with E-state index in [9.17, 15) is 19.8 Å². The molecule has 0 aliphatic carbocycles. The quantitative estimate of drug-likeness (QED) is 0.240. The number of halogens is 2. The molecule has 0 aliphatic rings. The van der Waals surface area contributed by atoms with E-state index in [-0.39, 0.29) is 73.7 Å². The van der Waals surface area contributed by atoms with Gasteiger partial charge in [-0.1, -0.05) is 13.8 Å². The number of rotatable bonds is 2. The molecule has 0 radical (unpaired) electrons. The molecule has 0 bridgehead atoms. The third-order valence-electron chi connectivity index (χ3n) is 0.813. The molecule has 4 nitrogen and oxygen atoms in total. The second-order valence-electron chi connectivity index (χ2n) is 2.73. The van der Waals surface area contributed by atoms with Crippen molar-refractivity contribution in [3.8, 4) is 0 Å². The maximum Gasteiger partial charge on any atom is 4.00 e. The van der Waals surface area contributed by atoms with E-state index < -0.39 is 0 Å². The van der Waals surface area contributed by atoms with Crippen LogP contribution in [0.2, 0.25) is 0 Å². The van der Waals surface area contributed by atoms with Crippen LogP contribution in [0.25, 0.3) is 0 Å². The average molecular weight is 448 g/mol. The van der Waals surface area contributed by atoms with Crippen molar-refractivity contribution in [2.45, 2.75) is 27.7 Å². The molecular formula is C10H14Cl2HfO4. The topological polar surface area (TPSA) is 80.3 Å². The maximum atomic E-state index is 9.98. The zero-order chi connectivity index (χ0) is 11.7. The Morgan fingerprint density at radius 2 is 0.941 bits per heavy atom. The SMILES string of the molecule is CC(=O)/C=C(/C)[O-].CC(=O)/C=C(/C)[O-].[Cl-].[Cl-].[Hf+4]. The molecular weight excluding hydrogens is 434 g/mol. The van der Waals surface area contributed by atoms with E-state index in [0.717, 1.165) is 12.2 Å². The van der Waals surface area contributed by atoms with E-state index in [1.165, 1.54) is 27.7 Å². The molecule has 0 atom stereocenters. The molecule has 17 heavy (non-hydrogen) atoms. The first kappa shape index (κ1) is 30.2. The molecule has 0 amide bonds. The minimum absolute atomic E-state index is 0. The Morgan fingerprint density at radius 1 is 0.765 bits per heavy atom. The summed E-state index contributed by atoms with van der Waals surface area (Å²) in [6.45, 7) is 5.39. The Balaban J connectivity index is -0.0000000480. The van der Waals surface area contributed by atoms with Crippen LogP contribution in [-0.2, 0) is 35.4 Å². The predicted octanol–water partition coefficient (Wildman–Crippen LogP) is -6.32. The molecule has 0 N–H and O–H groups in total. The van der Waals surface area contributed by atoms with Crippen LogP contribution in [0, 0.1) is 0 Å². The minimum atomic E-state index is -0.187. The third kappa shape index (κ3) is 49.3. The maximum absolute atomic E-state index is 9.98. The molecule has 7 heteroatoms. The van der Waals surface area contributed by atoms with Crippen molar-refractivity contribution in [1.82, 2.24) is 0 Å². The van der Waals surface area contributed by atoms with Crippen LogP contribution < -0.4 is 35.0 Å². The van der Waals surface area contributed by atoms with Crippen molar-refractivity contribution in [2.24, 2.45) is 0 Å². The van der Waals surface area contributed by atoms with Crippen molar-refractivity contribution in [3.05, 3.63) is 23.7 Å². The molecule has 0 spiro atoms. The van der Waals surface area contributed by atoms with Crippen LogP contribution in [0.1, 0.15) is 27.7 Å². The van der Waals surface area contributed by atoms with Gasteiger partial charge in [0, 0.05) is 0 Å². The van der Waals surface area contributed by atoms with Crippen molar-refractivity contribution < 1.29 is 70.5 Å². The average Bonchev–Trinajstić information content (AvgIpc) is 1.79. The third-order valence-corrected chi connectivity index (χ3v) is 0.813. The van der Waals surface area contributed by atoms with Crippen molar-refractivity contribution >= 4 is 11.6 Å². The molecule has 0 saturated heterocycles. The number of hydrogen-bond acceptors (Lipinski definition) is 4. The van der Waals surface area contributed by atoms with Gasteiger partial charge in [-0.15, -0.1) is 11.5 Å². The summed E-state index contributed by atoms with van der Waals surface area (Å²) in [5.41, 5.74) is 0. The van der Waals surface area contributed by atoms with Gasteiger partial charge in [-0.25, -0.2) is 0 Å². The van der Waals surface area contributed by atoms with Crippen LogP contribution in [0.3, 0.4) is 0 Å². The van der Waals surface area contributed by atoms with Crippen LogP contribution in [-0.4, -0.2) is 11.6 Å². The first-order valence-corrected chi connectivity index (χ1v) is 3.97. The standard InChI is InChI=1S/2C5H8O2.2ClH.Hf/c2*1-4(6)3-5(2)7;;;/h2*3,6H,1-2H3;2*1H;/q;;;;+4/p-4/b2*4-3-;;;. The van der Waals surface area contributed by atoms with E-state index in [1.807, 2.05) is 0 Å². The van der Waals surface area contributed by atoms with E-state index in [2.05, 4.69) is 0 Å². The summed E-state index contributed by atoms with van der Waals surface area (Å²) in [6.07, 6.45) is 2.11. The first-order chi connectivity index (χ1) is 6.25. The van der Waals surface area contributed by atoms with Crippen molar-refractivity contribution in [1.29, 1.82) is 0 Å². The molecule has 0 aliphatic heterocycles. The van der Waals surface area contributed by atoms with Gasteiger partial charge in [0.15, 0.2) is 11.6 Å². The van der Waals surface area contributed by atoms with Gasteiger partial charge >= 0.3 is 25.8 Å². The summed E-state index contributed by atoms with van der Waals surface area (Å²) in [6, 6.07) is 0. The summed E-state index contributed by atoms with van der Waals surface area (Å²) >= 11 is 0. The van der Waals surface area contributed by atoms with E-state index >= 15 is 0 Å². The Bertz CT molecular complexity index is 239. The molecule has 96 valence electrons. The van der Waals surface area contributed by atoms with E-state index in [4.69, 9.17) is 0 Å². The van der Waals surface area contributed by atoms with Gasteiger partial charge in [-0.3, -0.25) is 9.59 Å². The summed E-state index contributed by atoms with van der Waals surface area (Å²) in [5.74, 6) is -0.750. The van der Waals surface area contributed by atoms with Gasteiger partial charge < -0.3 is 35.0 Å². The van der Waals surface area contributed by atoms with Gasteiger partial charge in [0.25, 0.3) is 0 Å². The van der Waals surface area contributed by atoms with Crippen LogP contribution in [0.4, 0.5) is 0 Å². The Morgan fingerprint density at radius 3 is 0.941 bits per heavy atom. The molecule has 0 rings (SSSR count). The zero-order valence-electron chi connectivity index (χ0n) is 10.0. The van der Waals surface area contributed by atoms with Gasteiger partial charge in [-0.05, 0) is 26.0 Å². The zero-order valence-corrected chi connectivity index (χ0v) is 15.1. The fourth-order valence-electron chi connectivity index (χ4n) is 0.572. The first-order valence-electron chi connectivity index (χ1n) is 3.97. The molecule has 0 aromatic heterocycles. The van der Waals surface area contributed by atoms with Gasteiger partial charge in [0.1, 0.15) is 0 Å². The number of hydrogen-bond donors (Lipinski definition) is 0. The fourth-order valence-corrected chi connectivity index (χ4v) is 0.572. The normalized spacial score (nSPS) is 9.41. The van der Waals surface area contributed by atoms with Gasteiger partial charge in [0.2, 0.25) is 0 Å². The molecule has 0 aromatic rings. The van der Waals surface area contributed by atoms with Crippen molar-refractivity contribution in [3.63, 3.8) is 0 Å². The number of carbonyl (C=O) groups is 2. The molecule has 0 unspecified atom stereocenters. The molecule has 0 aromatic carbocycles. The molecule has 0 saturated carbocycles. The summed E-state index contributed by atoms with van der Waals surface area (Å²) in [5, 5.41) is 20.0. The number of ketones is 2. The minimum Gasteiger partial charge on any atom is -1.00 e. The van der Waals surface area contributed by atoms with E-state index in [1.54, 1.807) is 0 Å². The predicted molar refractivity (Wildman–Crippen MR) is 48.9 cm³/mol. The van der Waals surface area contributed by atoms with Crippen LogP contribution >= 0.6 is 0 Å². The smallest absolute Gasteiger partial charge is 1.00 e. The number of carbonyl (C=O) groups excluding carboxylic acids is 2. The monoisotopic (exact) mass is 448 g/mol. The van der Waals surface area contributed by atoms with Crippen LogP contribution in [0.15, 0.2) is 23.7 Å². The van der Waals surface area contributed by atoms with Crippen molar-refractivity contribution in [2.75, 3.05) is 0 Å². The second-order valence-corrected chi connectivity index (χ2v) is 2.73. The largest absolute Gasteiger partial charge is 4.00 e. The number of allylic oxidation sites excluding steroid dienone is 4. The van der Waals surface area contributed by atoms with Gasteiger partial charge in [0.05, 0.1) is 0 Å². The summed E-state index contributed by atoms with van der Waals surface area (Å²) in [4.78, 5) is 20.0. The Kier molecular flexibility index (Phi) is 32.4. The summed E-state index contributed by atoms with van der Waals surface area (Å²) < 4.78 is 0. The van der Waals surface area contributed by atoms with Crippen LogP contribution in [0.5, 0.6) is 0 Å². The second kappa shape index (κ2) is 18.2. The molecule has 0 heterocycles. The van der Waals surface area contributed by atoms with E-state index in [0.29, 0.717) is 0 Å². The Labute approximate surface area is 133 Å². The molecule has 0 fully saturated rings. The fraction of sp³-hybridized carbons (Fsp3) is 0.400. The summed E-state index contributed by atoms with van der Waals surface area (Å²) in [7, 11) is 0. The Hall–Kier alpha value is -0.130. The van der Waals surface area contributed by atoms with Gasteiger partial charge in [-0.2, -0.15) is 0 Å².